The number of aromatic nitrogens is 5. The molecule has 2 fully saturated rings. The molecule has 2 saturated heterocycles. The molecule has 2 aliphatic heterocycles. The van der Waals surface area contributed by atoms with E-state index >= 15 is 4.39 Å². The van der Waals surface area contributed by atoms with Crippen molar-refractivity contribution in [2.24, 2.45) is 5.92 Å². The van der Waals surface area contributed by atoms with Gasteiger partial charge >= 0.3 is 11.8 Å². The number of amides is 1. The summed E-state index contributed by atoms with van der Waals surface area (Å²) in [4.78, 5) is 37.1. The molecule has 60 heavy (non-hydrogen) atoms. The van der Waals surface area contributed by atoms with Gasteiger partial charge in [-0.25, -0.2) is 9.37 Å². The fourth-order valence-electron chi connectivity index (χ4n) is 8.34. The Kier molecular flexibility index (Phi) is 12.3. The molecule has 12 nitrogen and oxygen atoms in total. The highest BCUT2D eigenvalue weighted by Gasteiger charge is 2.26. The summed E-state index contributed by atoms with van der Waals surface area (Å²) >= 11 is 0. The van der Waals surface area contributed by atoms with Gasteiger partial charge in [-0.05, 0) is 111 Å². The molecule has 13 heteroatoms. The fourth-order valence-corrected chi connectivity index (χ4v) is 8.34. The van der Waals surface area contributed by atoms with E-state index < -0.39 is 11.7 Å². The normalized spacial score (nSPS) is 15.7. The van der Waals surface area contributed by atoms with Crippen molar-refractivity contribution in [2.75, 3.05) is 49.5 Å². The predicted octanol–water partition coefficient (Wildman–Crippen LogP) is 8.53. The molecule has 0 atom stereocenters. The summed E-state index contributed by atoms with van der Waals surface area (Å²) in [5.41, 5.74) is 7.57. The van der Waals surface area contributed by atoms with Crippen molar-refractivity contribution in [3.63, 3.8) is 0 Å². The number of anilines is 2. The Morgan fingerprint density at radius 2 is 1.68 bits per heavy atom. The highest BCUT2D eigenvalue weighted by Crippen LogP contribution is 2.34. The summed E-state index contributed by atoms with van der Waals surface area (Å²) in [7, 11) is 0. The summed E-state index contributed by atoms with van der Waals surface area (Å²) in [6, 6.07) is 24.4. The van der Waals surface area contributed by atoms with E-state index in [-0.39, 0.29) is 17.9 Å². The summed E-state index contributed by atoms with van der Waals surface area (Å²) in [5.74, 6) is 0.582. The van der Waals surface area contributed by atoms with Gasteiger partial charge in [-0.1, -0.05) is 62.3 Å². The Balaban J connectivity index is 0.810. The van der Waals surface area contributed by atoms with Crippen LogP contribution in [0.1, 0.15) is 92.9 Å². The Bertz CT molecular complexity index is 2390. The van der Waals surface area contributed by atoms with Crippen LogP contribution in [0.15, 0.2) is 83.5 Å². The van der Waals surface area contributed by atoms with E-state index in [0.29, 0.717) is 47.2 Å². The van der Waals surface area contributed by atoms with Crippen LogP contribution in [0.25, 0.3) is 33.4 Å². The van der Waals surface area contributed by atoms with Crippen molar-refractivity contribution in [3.05, 3.63) is 108 Å². The zero-order valence-corrected chi connectivity index (χ0v) is 34.7. The van der Waals surface area contributed by atoms with E-state index in [1.54, 1.807) is 12.1 Å². The number of aldehydes is 1. The molecule has 0 spiro atoms. The average Bonchev–Trinajstić information content (AvgIpc) is 3.95. The third-order valence-electron chi connectivity index (χ3n) is 12.1. The molecule has 0 unspecified atom stereocenters. The summed E-state index contributed by atoms with van der Waals surface area (Å²) < 4.78 is 20.5. The van der Waals surface area contributed by atoms with Crippen molar-refractivity contribution >= 4 is 34.6 Å². The highest BCUT2D eigenvalue weighted by atomic mass is 19.1. The standard InChI is InChI=1S/C47H54FN9O3/c1-47(2,3)46-52-45(60-55-46)44(59)51-29-36-10-9-35(28-41(36)48)42-40-27-37(30-50-43(40)54-53-42)33-7-5-32(6-8-33)34-18-22-56(23-19-34)21-15-31-16-24-57(25-17-31)39-13-11-38(12-14-39)49-20-4-26-58/h5-14,26-28,30-31,34,49H,4,15-25,29H2,1-3H3,(H,51,59)(H,50,53,54). The van der Waals surface area contributed by atoms with Crippen molar-refractivity contribution in [1.29, 1.82) is 0 Å². The molecule has 3 aromatic carbocycles. The molecule has 1 amide bonds. The molecule has 8 rings (SSSR count). The van der Waals surface area contributed by atoms with Crippen molar-refractivity contribution in [2.45, 2.75) is 77.2 Å². The van der Waals surface area contributed by atoms with E-state index in [4.69, 9.17) is 4.52 Å². The van der Waals surface area contributed by atoms with Gasteiger partial charge < -0.3 is 29.8 Å². The van der Waals surface area contributed by atoms with E-state index in [1.165, 1.54) is 56.0 Å². The zero-order chi connectivity index (χ0) is 41.6. The number of aromatic amines is 1. The molecule has 0 aliphatic carbocycles. The molecular weight excluding hydrogens is 758 g/mol. The lowest BCUT2D eigenvalue weighted by molar-refractivity contribution is -0.107. The van der Waals surface area contributed by atoms with E-state index in [2.05, 4.69) is 100 Å². The molecule has 3 N–H and O–H groups in total. The lowest BCUT2D eigenvalue weighted by Crippen LogP contribution is -2.37. The van der Waals surface area contributed by atoms with Gasteiger partial charge in [-0.15, -0.1) is 0 Å². The van der Waals surface area contributed by atoms with Crippen LogP contribution in [-0.2, 0) is 16.8 Å². The number of hydrogen-bond acceptors (Lipinski definition) is 10. The lowest BCUT2D eigenvalue weighted by atomic mass is 9.88. The maximum atomic E-state index is 15.4. The minimum absolute atomic E-state index is 0.0364. The molecule has 5 heterocycles. The van der Waals surface area contributed by atoms with Gasteiger partial charge in [0.15, 0.2) is 11.5 Å². The van der Waals surface area contributed by atoms with Gasteiger partial charge in [-0.3, -0.25) is 9.89 Å². The number of piperidine rings is 2. The van der Waals surface area contributed by atoms with Gasteiger partial charge in [-0.2, -0.15) is 10.1 Å². The molecule has 0 bridgehead atoms. The van der Waals surface area contributed by atoms with E-state index in [9.17, 15) is 9.59 Å². The minimum atomic E-state index is -0.561. The minimum Gasteiger partial charge on any atom is -0.385 e. The van der Waals surface area contributed by atoms with Crippen LogP contribution in [0.4, 0.5) is 15.8 Å². The number of likely N-dealkylation sites (tertiary alicyclic amines) is 1. The first-order valence-corrected chi connectivity index (χ1v) is 21.2. The maximum absolute atomic E-state index is 15.4. The largest absolute Gasteiger partial charge is 0.385 e. The first kappa shape index (κ1) is 40.8. The summed E-state index contributed by atoms with van der Waals surface area (Å²) in [6.07, 6.45) is 9.39. The zero-order valence-electron chi connectivity index (χ0n) is 34.7. The van der Waals surface area contributed by atoms with E-state index in [1.807, 2.05) is 27.0 Å². The number of carbonyl (C=O) groups excluding carboxylic acids is 2. The van der Waals surface area contributed by atoms with Crippen LogP contribution in [0, 0.1) is 11.7 Å². The first-order valence-electron chi connectivity index (χ1n) is 21.2. The van der Waals surface area contributed by atoms with Crippen LogP contribution >= 0.6 is 0 Å². The number of H-pyrrole nitrogens is 1. The second-order valence-corrected chi connectivity index (χ2v) is 17.2. The molecule has 3 aromatic heterocycles. The summed E-state index contributed by atoms with van der Waals surface area (Å²) in [5, 5.41) is 18.1. The van der Waals surface area contributed by atoms with Gasteiger partial charge in [0.05, 0.1) is 5.69 Å². The smallest absolute Gasteiger partial charge is 0.315 e. The number of rotatable bonds is 14. The van der Waals surface area contributed by atoms with Crippen molar-refractivity contribution < 1.29 is 18.5 Å². The maximum Gasteiger partial charge on any atom is 0.315 e. The summed E-state index contributed by atoms with van der Waals surface area (Å²) in [6.45, 7) is 12.1. The quantitative estimate of drug-likeness (QED) is 0.0723. The molecule has 6 aromatic rings. The van der Waals surface area contributed by atoms with Crippen LogP contribution in [0.2, 0.25) is 0 Å². The number of nitrogens with zero attached hydrogens (tertiary/aromatic N) is 6. The molecule has 2 aliphatic rings. The van der Waals surface area contributed by atoms with Gasteiger partial charge in [0.25, 0.3) is 0 Å². The monoisotopic (exact) mass is 811 g/mol. The fraction of sp³-hybridized carbons (Fsp3) is 0.404. The van der Waals surface area contributed by atoms with Gasteiger partial charge in [0, 0.05) is 77.7 Å². The first-order chi connectivity index (χ1) is 29.1. The number of carbonyl (C=O) groups is 2. The highest BCUT2D eigenvalue weighted by molar-refractivity contribution is 5.93. The Hall–Kier alpha value is -5.95. The third kappa shape index (κ3) is 9.57. The van der Waals surface area contributed by atoms with Crippen LogP contribution in [0.3, 0.4) is 0 Å². The Labute approximate surface area is 350 Å². The molecule has 0 saturated carbocycles. The van der Waals surface area contributed by atoms with E-state index in [0.717, 1.165) is 60.6 Å². The van der Waals surface area contributed by atoms with Gasteiger partial charge in [0.2, 0.25) is 0 Å². The number of nitrogens with one attached hydrogen (secondary N) is 3. The van der Waals surface area contributed by atoms with Crippen LogP contribution in [0.5, 0.6) is 0 Å². The molecule has 0 radical (unpaired) electrons. The van der Waals surface area contributed by atoms with Crippen molar-refractivity contribution in [3.8, 4) is 22.4 Å². The number of fused-ring (bicyclic) bond motifs is 1. The second-order valence-electron chi connectivity index (χ2n) is 17.2. The number of pyridine rings is 1. The number of benzene rings is 3. The SMILES string of the molecule is CC(C)(C)c1noc(C(=O)NCc2ccc(-c3[nH]nc4ncc(-c5ccc(C6CCN(CCC7CCN(c8ccc(NCCC=O)cc8)CC7)CC6)cc5)cc34)cc2F)n1. The average molecular weight is 812 g/mol. The van der Waals surface area contributed by atoms with Crippen LogP contribution in [-0.4, -0.2) is 81.7 Å². The topological polar surface area (TPSA) is 145 Å². The van der Waals surface area contributed by atoms with Crippen molar-refractivity contribution in [1.82, 2.24) is 35.5 Å². The predicted molar refractivity (Wildman–Crippen MR) is 232 cm³/mol. The Morgan fingerprint density at radius 3 is 2.38 bits per heavy atom. The van der Waals surface area contributed by atoms with Crippen LogP contribution < -0.4 is 15.5 Å². The molecule has 312 valence electrons. The third-order valence-corrected chi connectivity index (χ3v) is 12.1. The van der Waals surface area contributed by atoms with Gasteiger partial charge in [0.1, 0.15) is 12.1 Å². The Morgan fingerprint density at radius 1 is 0.933 bits per heavy atom. The molecular formula is C47H54FN9O3. The second kappa shape index (κ2) is 18.1. The lowest BCUT2D eigenvalue weighted by Gasteiger charge is -2.36. The number of hydrogen-bond donors (Lipinski definition) is 3. The number of halogens is 1.